The minimum absolute atomic E-state index is 0.754. The smallest absolute Gasteiger partial charge is 0.00859 e. The van der Waals surface area contributed by atoms with E-state index in [0.717, 1.165) is 25.2 Å². The van der Waals surface area contributed by atoms with Crippen LogP contribution >= 0.6 is 0 Å². The molecule has 2 aliphatic carbocycles. The summed E-state index contributed by atoms with van der Waals surface area (Å²) in [7, 11) is 0. The summed E-state index contributed by atoms with van der Waals surface area (Å²) in [5.74, 6) is 0.754. The molecule has 0 N–H and O–H groups in total. The van der Waals surface area contributed by atoms with E-state index in [0.29, 0.717) is 0 Å². The van der Waals surface area contributed by atoms with E-state index >= 15 is 0 Å². The third-order valence-electron chi connectivity index (χ3n) is 6.99. The van der Waals surface area contributed by atoms with Gasteiger partial charge < -0.3 is 0 Å². The van der Waals surface area contributed by atoms with E-state index in [9.17, 15) is 0 Å². The van der Waals surface area contributed by atoms with E-state index in [1.807, 2.05) is 0 Å². The van der Waals surface area contributed by atoms with Gasteiger partial charge in [0.15, 0.2) is 0 Å². The molecule has 0 heteroatoms. The molecular formula is C32H36. The molecule has 0 heterocycles. The van der Waals surface area contributed by atoms with Gasteiger partial charge in [-0.15, -0.1) is 0 Å². The van der Waals surface area contributed by atoms with Crippen molar-refractivity contribution in [3.8, 4) is 11.1 Å². The topological polar surface area (TPSA) is 0 Å². The van der Waals surface area contributed by atoms with Crippen LogP contribution < -0.4 is 0 Å². The Labute approximate surface area is 194 Å². The maximum atomic E-state index is 2.56. The van der Waals surface area contributed by atoms with Crippen molar-refractivity contribution in [3.05, 3.63) is 112 Å². The minimum Gasteiger partial charge on any atom is -0.0801 e. The fourth-order valence-corrected chi connectivity index (χ4v) is 4.75. The minimum atomic E-state index is 0.754. The molecule has 2 aliphatic rings. The Hall–Kier alpha value is -2.86. The van der Waals surface area contributed by atoms with Crippen molar-refractivity contribution in [2.75, 3.05) is 0 Å². The molecular weight excluding hydrogens is 384 g/mol. The first-order chi connectivity index (χ1) is 15.6. The van der Waals surface area contributed by atoms with E-state index in [-0.39, 0.29) is 0 Å². The lowest BCUT2D eigenvalue weighted by atomic mass is 9.88. The molecule has 0 bridgehead atoms. The summed E-state index contributed by atoms with van der Waals surface area (Å²) in [5.41, 5.74) is 12.9. The van der Waals surface area contributed by atoms with Crippen molar-refractivity contribution < 1.29 is 0 Å². The van der Waals surface area contributed by atoms with Gasteiger partial charge in [0.2, 0.25) is 0 Å². The molecule has 0 nitrogen and oxygen atoms in total. The summed E-state index contributed by atoms with van der Waals surface area (Å²) in [6, 6.07) is 17.7. The highest BCUT2D eigenvalue weighted by atomic mass is 14.3. The highest BCUT2D eigenvalue weighted by Gasteiger charge is 2.28. The predicted molar refractivity (Wildman–Crippen MR) is 141 cm³/mol. The first kappa shape index (κ1) is 22.3. The maximum absolute atomic E-state index is 2.56. The monoisotopic (exact) mass is 420 g/mol. The maximum Gasteiger partial charge on any atom is -0.00859 e. The first-order valence-electron chi connectivity index (χ1n) is 12.2. The number of benzene rings is 2. The van der Waals surface area contributed by atoms with Gasteiger partial charge in [-0.1, -0.05) is 91.4 Å². The molecule has 0 saturated heterocycles. The van der Waals surface area contributed by atoms with Crippen LogP contribution in [0.1, 0.15) is 64.0 Å². The van der Waals surface area contributed by atoms with Crippen molar-refractivity contribution in [1.82, 2.24) is 0 Å². The number of hydrogen-bond acceptors (Lipinski definition) is 0. The van der Waals surface area contributed by atoms with Gasteiger partial charge >= 0.3 is 0 Å². The highest BCUT2D eigenvalue weighted by molar-refractivity contribution is 5.75. The number of allylic oxidation sites excluding steroid dienone is 10. The van der Waals surface area contributed by atoms with Gasteiger partial charge in [-0.3, -0.25) is 0 Å². The molecule has 0 atom stereocenters. The fourth-order valence-electron chi connectivity index (χ4n) is 4.75. The Kier molecular flexibility index (Phi) is 7.10. The summed E-state index contributed by atoms with van der Waals surface area (Å²) in [4.78, 5) is 0. The average molecular weight is 421 g/mol. The number of rotatable bonds is 7. The van der Waals surface area contributed by atoms with Crippen molar-refractivity contribution in [1.29, 1.82) is 0 Å². The summed E-state index contributed by atoms with van der Waals surface area (Å²) >= 11 is 0. The lowest BCUT2D eigenvalue weighted by Crippen LogP contribution is -1.98. The van der Waals surface area contributed by atoms with Gasteiger partial charge in [0.1, 0.15) is 0 Å². The molecule has 2 aromatic carbocycles. The van der Waals surface area contributed by atoms with E-state index in [1.54, 1.807) is 11.1 Å². The molecule has 2 aromatic rings. The molecule has 0 spiro atoms. The van der Waals surface area contributed by atoms with Crippen molar-refractivity contribution in [3.63, 3.8) is 0 Å². The van der Waals surface area contributed by atoms with Crippen LogP contribution in [0.15, 0.2) is 101 Å². The van der Waals surface area contributed by atoms with Gasteiger partial charge in [-0.25, -0.2) is 0 Å². The van der Waals surface area contributed by atoms with Crippen LogP contribution in [0.2, 0.25) is 0 Å². The third-order valence-corrected chi connectivity index (χ3v) is 6.99. The van der Waals surface area contributed by atoms with Gasteiger partial charge in [0.25, 0.3) is 0 Å². The predicted octanol–water partition coefficient (Wildman–Crippen LogP) is 9.40. The number of hydrogen-bond donors (Lipinski definition) is 0. The standard InChI is InChI=1S/C32H36/c1-5-23(2)30(31-19-18-28(22-25(31)4)26-13-9-7-10-14-26)20-21-32(27-16-17-27)29-15-11-6-8-12-24(29)3/h6-14,18-19,21-22,27H,5,15-17,20H2,1-4H3. The van der Waals surface area contributed by atoms with Gasteiger partial charge in [-0.05, 0) is 103 Å². The highest BCUT2D eigenvalue weighted by Crippen LogP contribution is 2.43. The lowest BCUT2D eigenvalue weighted by Gasteiger charge is -2.17. The average Bonchev–Trinajstić information content (AvgIpc) is 3.67. The van der Waals surface area contributed by atoms with E-state index < -0.39 is 0 Å². The van der Waals surface area contributed by atoms with E-state index in [2.05, 4.69) is 107 Å². The first-order valence-corrected chi connectivity index (χ1v) is 12.2. The third kappa shape index (κ3) is 5.13. The summed E-state index contributed by atoms with van der Waals surface area (Å²) in [6.45, 7) is 9.13. The van der Waals surface area contributed by atoms with Crippen LogP contribution in [0, 0.1) is 12.8 Å². The second kappa shape index (κ2) is 10.2. The van der Waals surface area contributed by atoms with Crippen molar-refractivity contribution >= 4 is 5.57 Å². The molecule has 164 valence electrons. The van der Waals surface area contributed by atoms with Crippen molar-refractivity contribution in [2.45, 2.75) is 59.8 Å². The second-order valence-electron chi connectivity index (χ2n) is 9.30. The zero-order valence-electron chi connectivity index (χ0n) is 20.1. The molecule has 0 aliphatic heterocycles. The Morgan fingerprint density at radius 1 is 0.969 bits per heavy atom. The summed E-state index contributed by atoms with van der Waals surface area (Å²) in [6.07, 6.45) is 17.3. The van der Waals surface area contributed by atoms with Crippen LogP contribution in [0.4, 0.5) is 0 Å². The Bertz CT molecular complexity index is 1110. The van der Waals surface area contributed by atoms with Crippen LogP contribution in [0.3, 0.4) is 0 Å². The zero-order chi connectivity index (χ0) is 22.5. The van der Waals surface area contributed by atoms with E-state index in [4.69, 9.17) is 0 Å². The normalized spacial score (nSPS) is 17.4. The zero-order valence-corrected chi connectivity index (χ0v) is 20.1. The van der Waals surface area contributed by atoms with Crippen LogP contribution in [0.25, 0.3) is 16.7 Å². The molecule has 32 heavy (non-hydrogen) atoms. The summed E-state index contributed by atoms with van der Waals surface area (Å²) in [5, 5.41) is 0. The Morgan fingerprint density at radius 2 is 1.75 bits per heavy atom. The Morgan fingerprint density at radius 3 is 2.44 bits per heavy atom. The molecule has 4 rings (SSSR count). The van der Waals surface area contributed by atoms with Gasteiger partial charge in [-0.2, -0.15) is 0 Å². The van der Waals surface area contributed by atoms with Gasteiger partial charge in [0.05, 0.1) is 0 Å². The second-order valence-corrected chi connectivity index (χ2v) is 9.30. The molecule has 1 fully saturated rings. The lowest BCUT2D eigenvalue weighted by molar-refractivity contribution is 0.967. The summed E-state index contributed by atoms with van der Waals surface area (Å²) < 4.78 is 0. The molecule has 1 saturated carbocycles. The SMILES string of the molecule is CCC(C)=C(CC=C(C1=C(C)C=CC=CC1)C1CC1)c1ccc(-c2ccccc2)cc1C. The quantitative estimate of drug-likeness (QED) is 0.418. The molecule has 0 unspecified atom stereocenters. The Balaban J connectivity index is 1.68. The molecule has 0 aromatic heterocycles. The van der Waals surface area contributed by atoms with Crippen LogP contribution in [-0.2, 0) is 0 Å². The fraction of sp³-hybridized carbons (Fsp3) is 0.312. The molecule has 0 amide bonds. The largest absolute Gasteiger partial charge is 0.0801 e. The van der Waals surface area contributed by atoms with Crippen molar-refractivity contribution in [2.24, 2.45) is 5.92 Å². The molecule has 0 radical (unpaired) electrons. The van der Waals surface area contributed by atoms with Gasteiger partial charge in [0, 0.05) is 0 Å². The van der Waals surface area contributed by atoms with Crippen LogP contribution in [0.5, 0.6) is 0 Å². The van der Waals surface area contributed by atoms with E-state index in [1.165, 1.54) is 51.8 Å². The van der Waals surface area contributed by atoms with Crippen LogP contribution in [-0.4, -0.2) is 0 Å². The number of aryl methyl sites for hydroxylation is 1.